The fraction of sp³-hybridized carbons (Fsp3) is 0.188. The molecule has 1 fully saturated rings. The van der Waals surface area contributed by atoms with Gasteiger partial charge in [-0.15, -0.1) is 0 Å². The Kier molecular flexibility index (Phi) is 4.46. The molecule has 1 heterocycles. The fourth-order valence-electron chi connectivity index (χ4n) is 2.15. The molecule has 0 aliphatic carbocycles. The van der Waals surface area contributed by atoms with Gasteiger partial charge in [-0.25, -0.2) is 4.39 Å². The number of hydrogen-bond donors (Lipinski definition) is 1. The third-order valence-corrected chi connectivity index (χ3v) is 4.59. The molecule has 1 aliphatic rings. The molecule has 1 N–H and O–H groups in total. The second-order valence-corrected chi connectivity index (χ2v) is 6.20. The van der Waals surface area contributed by atoms with Crippen molar-refractivity contribution < 1.29 is 4.39 Å². The van der Waals surface area contributed by atoms with Gasteiger partial charge in [0.25, 0.3) is 0 Å². The van der Waals surface area contributed by atoms with Gasteiger partial charge in [-0.3, -0.25) is 4.99 Å². The van der Waals surface area contributed by atoms with Crippen molar-refractivity contribution in [1.82, 2.24) is 5.32 Å². The van der Waals surface area contributed by atoms with Crippen molar-refractivity contribution in [3.63, 3.8) is 0 Å². The lowest BCUT2D eigenvalue weighted by Gasteiger charge is -2.09. The van der Waals surface area contributed by atoms with Crippen LogP contribution in [0.15, 0.2) is 53.5 Å². The monoisotopic (exact) mass is 320 g/mol. The van der Waals surface area contributed by atoms with Crippen LogP contribution >= 0.6 is 23.4 Å². The van der Waals surface area contributed by atoms with E-state index in [1.807, 2.05) is 18.2 Å². The summed E-state index contributed by atoms with van der Waals surface area (Å²) in [5.74, 6) is 0.568. The molecule has 1 unspecified atom stereocenters. The summed E-state index contributed by atoms with van der Waals surface area (Å²) in [6, 6.07) is 15.3. The van der Waals surface area contributed by atoms with Crippen molar-refractivity contribution in [1.29, 1.82) is 0 Å². The van der Waals surface area contributed by atoms with Gasteiger partial charge in [0.05, 0.1) is 17.6 Å². The highest BCUT2D eigenvalue weighted by molar-refractivity contribution is 8.14. The number of thioether (sulfide) groups is 1. The minimum Gasteiger partial charge on any atom is -0.357 e. The van der Waals surface area contributed by atoms with Gasteiger partial charge < -0.3 is 5.32 Å². The first-order valence-electron chi connectivity index (χ1n) is 6.65. The van der Waals surface area contributed by atoms with E-state index >= 15 is 0 Å². The third-order valence-electron chi connectivity index (χ3n) is 3.28. The molecule has 1 aliphatic heterocycles. The smallest absolute Gasteiger partial charge is 0.157 e. The molecule has 21 heavy (non-hydrogen) atoms. The molecule has 0 radical (unpaired) electrons. The first kappa shape index (κ1) is 14.4. The van der Waals surface area contributed by atoms with Gasteiger partial charge in [0.15, 0.2) is 5.17 Å². The Morgan fingerprint density at radius 1 is 1.24 bits per heavy atom. The topological polar surface area (TPSA) is 24.4 Å². The van der Waals surface area contributed by atoms with Crippen LogP contribution in [0.4, 0.5) is 4.39 Å². The van der Waals surface area contributed by atoms with Gasteiger partial charge in [0.2, 0.25) is 0 Å². The summed E-state index contributed by atoms with van der Waals surface area (Å²) in [4.78, 5) is 4.53. The summed E-state index contributed by atoms with van der Waals surface area (Å²) in [7, 11) is 0. The zero-order valence-corrected chi connectivity index (χ0v) is 12.8. The zero-order chi connectivity index (χ0) is 14.7. The lowest BCUT2D eigenvalue weighted by Crippen LogP contribution is -2.19. The van der Waals surface area contributed by atoms with Crippen molar-refractivity contribution in [3.8, 4) is 0 Å². The Labute approximate surface area is 132 Å². The Morgan fingerprint density at radius 2 is 2.05 bits per heavy atom. The van der Waals surface area contributed by atoms with E-state index in [9.17, 15) is 4.39 Å². The van der Waals surface area contributed by atoms with Gasteiger partial charge in [0, 0.05) is 5.75 Å². The number of aliphatic imine (C=N–C) groups is 1. The third kappa shape index (κ3) is 3.57. The maximum atomic E-state index is 13.1. The van der Waals surface area contributed by atoms with Gasteiger partial charge >= 0.3 is 0 Å². The molecular weight excluding hydrogens is 307 g/mol. The molecule has 2 nitrogen and oxygen atoms in total. The molecule has 0 saturated carbocycles. The van der Waals surface area contributed by atoms with Crippen molar-refractivity contribution in [2.75, 3.05) is 5.75 Å². The van der Waals surface area contributed by atoms with Crippen LogP contribution in [0, 0.1) is 5.82 Å². The van der Waals surface area contributed by atoms with Crippen LogP contribution in [0.2, 0.25) is 5.02 Å². The van der Waals surface area contributed by atoms with Crippen molar-refractivity contribution in [3.05, 3.63) is 70.5 Å². The number of benzene rings is 2. The molecule has 1 saturated heterocycles. The molecule has 2 aromatic carbocycles. The van der Waals surface area contributed by atoms with Crippen LogP contribution in [0.5, 0.6) is 0 Å². The molecule has 5 heteroatoms. The Morgan fingerprint density at radius 3 is 2.81 bits per heavy atom. The van der Waals surface area contributed by atoms with E-state index in [2.05, 4.69) is 22.4 Å². The van der Waals surface area contributed by atoms with Crippen molar-refractivity contribution in [2.45, 2.75) is 12.6 Å². The average Bonchev–Trinajstić information content (AvgIpc) is 2.98. The quantitative estimate of drug-likeness (QED) is 0.905. The first-order chi connectivity index (χ1) is 10.2. The Hall–Kier alpha value is -1.52. The second kappa shape index (κ2) is 6.50. The van der Waals surface area contributed by atoms with Crippen molar-refractivity contribution in [2.24, 2.45) is 4.99 Å². The molecule has 3 rings (SSSR count). The number of rotatable bonds is 3. The van der Waals surface area contributed by atoms with Crippen LogP contribution in [-0.4, -0.2) is 10.9 Å². The summed E-state index contributed by atoms with van der Waals surface area (Å²) in [5, 5.41) is 4.47. The van der Waals surface area contributed by atoms with E-state index in [1.54, 1.807) is 23.9 Å². The molecule has 108 valence electrons. The molecule has 2 aromatic rings. The summed E-state index contributed by atoms with van der Waals surface area (Å²) < 4.78 is 13.1. The van der Waals surface area contributed by atoms with Crippen LogP contribution in [0.25, 0.3) is 0 Å². The summed E-state index contributed by atoms with van der Waals surface area (Å²) >= 11 is 7.47. The molecule has 1 atom stereocenters. The van der Waals surface area contributed by atoms with E-state index in [4.69, 9.17) is 11.6 Å². The van der Waals surface area contributed by atoms with E-state index in [0.29, 0.717) is 12.6 Å². The molecule has 0 aromatic heterocycles. The van der Waals surface area contributed by atoms with Crippen LogP contribution in [-0.2, 0) is 6.54 Å². The van der Waals surface area contributed by atoms with E-state index < -0.39 is 5.82 Å². The van der Waals surface area contributed by atoms with Crippen LogP contribution in [0.1, 0.15) is 17.2 Å². The highest BCUT2D eigenvalue weighted by atomic mass is 35.5. The molecule has 0 bridgehead atoms. The summed E-state index contributed by atoms with van der Waals surface area (Å²) in [6.45, 7) is 0.497. The largest absolute Gasteiger partial charge is 0.357 e. The summed E-state index contributed by atoms with van der Waals surface area (Å²) in [5.41, 5.74) is 2.17. The number of hydrogen-bond acceptors (Lipinski definition) is 2. The standard InChI is InChI=1S/C16H14ClFN2S/c17-13-8-11(6-7-14(13)18)9-19-16-20-15(10-21-16)12-4-2-1-3-5-12/h1-8,15H,9-10H2,(H,19,20). The number of amidine groups is 1. The SMILES string of the molecule is Fc1ccc(CN=C2NC(c3ccccc3)CS2)cc1Cl. The zero-order valence-electron chi connectivity index (χ0n) is 11.2. The minimum atomic E-state index is -0.398. The first-order valence-corrected chi connectivity index (χ1v) is 8.01. The second-order valence-electron chi connectivity index (χ2n) is 4.79. The lowest BCUT2D eigenvalue weighted by molar-refractivity contribution is 0.627. The predicted octanol–water partition coefficient (Wildman–Crippen LogP) is 4.41. The Balaban J connectivity index is 1.64. The van der Waals surface area contributed by atoms with Gasteiger partial charge in [-0.2, -0.15) is 0 Å². The maximum absolute atomic E-state index is 13.1. The van der Waals surface area contributed by atoms with Gasteiger partial charge in [0.1, 0.15) is 5.82 Å². The van der Waals surface area contributed by atoms with Gasteiger partial charge in [-0.05, 0) is 23.3 Å². The van der Waals surface area contributed by atoms with Gasteiger partial charge in [-0.1, -0.05) is 59.8 Å². The number of halogens is 2. The fourth-order valence-corrected chi connectivity index (χ4v) is 3.34. The van der Waals surface area contributed by atoms with E-state index in [0.717, 1.165) is 16.5 Å². The maximum Gasteiger partial charge on any atom is 0.157 e. The van der Waals surface area contributed by atoms with Crippen LogP contribution < -0.4 is 5.32 Å². The average molecular weight is 321 g/mol. The molecule has 0 spiro atoms. The Bertz CT molecular complexity index is 661. The normalized spacial score (nSPS) is 19.7. The summed E-state index contributed by atoms with van der Waals surface area (Å²) in [6.07, 6.45) is 0. The van der Waals surface area contributed by atoms with Crippen LogP contribution in [0.3, 0.4) is 0 Å². The van der Waals surface area contributed by atoms with E-state index in [-0.39, 0.29) is 5.02 Å². The predicted molar refractivity (Wildman–Crippen MR) is 87.3 cm³/mol. The molecular formula is C16H14ClFN2S. The number of nitrogens with one attached hydrogen (secondary N) is 1. The molecule has 0 amide bonds. The minimum absolute atomic E-state index is 0.141. The van der Waals surface area contributed by atoms with Crippen molar-refractivity contribution >= 4 is 28.5 Å². The lowest BCUT2D eigenvalue weighted by atomic mass is 10.1. The highest BCUT2D eigenvalue weighted by Gasteiger charge is 2.21. The number of nitrogens with zero attached hydrogens (tertiary/aromatic N) is 1. The highest BCUT2D eigenvalue weighted by Crippen LogP contribution is 2.26. The van der Waals surface area contributed by atoms with E-state index in [1.165, 1.54) is 11.6 Å².